The van der Waals surface area contributed by atoms with Crippen LogP contribution in [0.1, 0.15) is 20.3 Å². The summed E-state index contributed by atoms with van der Waals surface area (Å²) in [6.07, 6.45) is 2.50. The van der Waals surface area contributed by atoms with Gasteiger partial charge in [0.25, 0.3) is 0 Å². The van der Waals surface area contributed by atoms with Crippen LogP contribution in [-0.4, -0.2) is 22.2 Å². The van der Waals surface area contributed by atoms with Crippen LogP contribution in [0, 0.1) is 0 Å². The van der Waals surface area contributed by atoms with Crippen LogP contribution < -0.4 is 5.32 Å². The predicted molar refractivity (Wildman–Crippen MR) is 78.8 cm³/mol. The number of aromatic nitrogens is 1. The van der Waals surface area contributed by atoms with Crippen molar-refractivity contribution in [2.75, 3.05) is 11.9 Å². The van der Waals surface area contributed by atoms with Crippen LogP contribution in [0.5, 0.6) is 0 Å². The van der Waals surface area contributed by atoms with Gasteiger partial charge in [-0.05, 0) is 41.4 Å². The first-order chi connectivity index (χ1) is 8.52. The lowest BCUT2D eigenvalue weighted by Gasteiger charge is -2.22. The highest BCUT2D eigenvalue weighted by Gasteiger charge is 2.17. The van der Waals surface area contributed by atoms with Gasteiger partial charge >= 0.3 is 0 Å². The fourth-order valence-corrected chi connectivity index (χ4v) is 2.04. The summed E-state index contributed by atoms with van der Waals surface area (Å²) >= 11 is 3.42. The zero-order chi connectivity index (χ0) is 13.2. The first-order valence-corrected chi connectivity index (χ1v) is 6.82. The number of para-hydroxylation sites is 1. The number of hydrogen-bond acceptors (Lipinski definition) is 3. The summed E-state index contributed by atoms with van der Waals surface area (Å²) in [5.74, 6) is 0. The Morgan fingerprint density at radius 2 is 2.22 bits per heavy atom. The van der Waals surface area contributed by atoms with Crippen LogP contribution >= 0.6 is 15.9 Å². The lowest BCUT2D eigenvalue weighted by molar-refractivity contribution is 0.0698. The minimum atomic E-state index is -0.697. The molecule has 0 aliphatic rings. The lowest BCUT2D eigenvalue weighted by atomic mass is 10.0. The Morgan fingerprint density at radius 3 is 2.94 bits per heavy atom. The van der Waals surface area contributed by atoms with Gasteiger partial charge in [-0.25, -0.2) is 0 Å². The molecule has 0 amide bonds. The Kier molecular flexibility index (Phi) is 3.88. The number of anilines is 1. The molecule has 2 N–H and O–H groups in total. The average molecular weight is 309 g/mol. The lowest BCUT2D eigenvalue weighted by Crippen LogP contribution is -2.32. The molecule has 0 radical (unpaired) electrons. The van der Waals surface area contributed by atoms with E-state index < -0.39 is 5.60 Å². The molecule has 2 aromatic rings. The number of halogens is 1. The fraction of sp³-hybridized carbons (Fsp3) is 0.357. The smallest absolute Gasteiger partial charge is 0.0934 e. The van der Waals surface area contributed by atoms with Gasteiger partial charge in [-0.15, -0.1) is 0 Å². The van der Waals surface area contributed by atoms with Gasteiger partial charge in [0.2, 0.25) is 0 Å². The molecule has 96 valence electrons. The maximum atomic E-state index is 10.0. The maximum Gasteiger partial charge on any atom is 0.0934 e. The Hall–Kier alpha value is -1.13. The first-order valence-electron chi connectivity index (χ1n) is 6.02. The van der Waals surface area contributed by atoms with Gasteiger partial charge in [0.05, 0.1) is 16.8 Å². The van der Waals surface area contributed by atoms with Crippen LogP contribution in [-0.2, 0) is 0 Å². The zero-order valence-electron chi connectivity index (χ0n) is 10.6. The second kappa shape index (κ2) is 5.24. The molecule has 1 atom stereocenters. The number of nitrogens with zero attached hydrogens (tertiary/aromatic N) is 1. The Bertz CT molecular complexity index is 554. The van der Waals surface area contributed by atoms with E-state index in [0.29, 0.717) is 13.0 Å². The van der Waals surface area contributed by atoms with Gasteiger partial charge < -0.3 is 10.4 Å². The molecule has 1 heterocycles. The number of rotatable bonds is 4. The maximum absolute atomic E-state index is 10.0. The van der Waals surface area contributed by atoms with Crippen molar-refractivity contribution in [3.8, 4) is 0 Å². The van der Waals surface area contributed by atoms with E-state index in [1.165, 1.54) is 0 Å². The molecule has 1 aromatic carbocycles. The van der Waals surface area contributed by atoms with Crippen molar-refractivity contribution in [3.05, 3.63) is 34.9 Å². The molecule has 18 heavy (non-hydrogen) atoms. The summed E-state index contributed by atoms with van der Waals surface area (Å²) in [4.78, 5) is 4.42. The van der Waals surface area contributed by atoms with E-state index in [1.807, 2.05) is 38.1 Å². The third-order valence-electron chi connectivity index (χ3n) is 3.10. The predicted octanol–water partition coefficient (Wildman–Crippen LogP) is 3.57. The van der Waals surface area contributed by atoms with Crippen LogP contribution in [0.15, 0.2) is 34.9 Å². The normalized spacial score (nSPS) is 14.4. The second-order valence-corrected chi connectivity index (χ2v) is 5.65. The molecule has 0 bridgehead atoms. The number of aliphatic hydroxyl groups is 1. The van der Waals surface area contributed by atoms with E-state index in [9.17, 15) is 5.11 Å². The molecular weight excluding hydrogens is 292 g/mol. The molecule has 0 aliphatic heterocycles. The average Bonchev–Trinajstić information content (AvgIpc) is 2.36. The van der Waals surface area contributed by atoms with E-state index >= 15 is 0 Å². The van der Waals surface area contributed by atoms with Gasteiger partial charge in [-0.1, -0.05) is 19.1 Å². The SMILES string of the molecule is CCC(C)(O)CNc1cccc2cc(Br)cnc12. The molecule has 0 spiro atoms. The summed E-state index contributed by atoms with van der Waals surface area (Å²) in [5, 5.41) is 14.4. The van der Waals surface area contributed by atoms with Crippen molar-refractivity contribution in [2.24, 2.45) is 0 Å². The summed E-state index contributed by atoms with van der Waals surface area (Å²) in [5.41, 5.74) is 1.18. The molecule has 0 aliphatic carbocycles. The monoisotopic (exact) mass is 308 g/mol. The van der Waals surface area contributed by atoms with Crippen molar-refractivity contribution < 1.29 is 5.11 Å². The largest absolute Gasteiger partial charge is 0.388 e. The summed E-state index contributed by atoms with van der Waals surface area (Å²) in [6.45, 7) is 4.32. The topological polar surface area (TPSA) is 45.1 Å². The molecule has 0 saturated heterocycles. The summed E-state index contributed by atoms with van der Waals surface area (Å²) in [7, 11) is 0. The number of hydrogen-bond donors (Lipinski definition) is 2. The second-order valence-electron chi connectivity index (χ2n) is 4.73. The third-order valence-corrected chi connectivity index (χ3v) is 3.53. The highest BCUT2D eigenvalue weighted by Crippen LogP contribution is 2.24. The van der Waals surface area contributed by atoms with Gasteiger partial charge in [0.15, 0.2) is 0 Å². The van der Waals surface area contributed by atoms with Gasteiger partial charge in [0.1, 0.15) is 0 Å². The molecule has 3 nitrogen and oxygen atoms in total. The molecule has 1 unspecified atom stereocenters. The van der Waals surface area contributed by atoms with Crippen LogP contribution in [0.4, 0.5) is 5.69 Å². The molecule has 1 aromatic heterocycles. The third kappa shape index (κ3) is 3.00. The molecule has 2 rings (SSSR count). The van der Waals surface area contributed by atoms with E-state index in [0.717, 1.165) is 21.1 Å². The number of nitrogens with one attached hydrogen (secondary N) is 1. The molecule has 4 heteroatoms. The van der Waals surface area contributed by atoms with Crippen molar-refractivity contribution in [1.29, 1.82) is 0 Å². The number of pyridine rings is 1. The zero-order valence-corrected chi connectivity index (χ0v) is 12.2. The first kappa shape index (κ1) is 13.3. The van der Waals surface area contributed by atoms with Crippen LogP contribution in [0.2, 0.25) is 0 Å². The summed E-state index contributed by atoms with van der Waals surface area (Å²) in [6, 6.07) is 8.02. The van der Waals surface area contributed by atoms with E-state index in [1.54, 1.807) is 6.20 Å². The highest BCUT2D eigenvalue weighted by atomic mass is 79.9. The van der Waals surface area contributed by atoms with Crippen molar-refractivity contribution in [2.45, 2.75) is 25.9 Å². The van der Waals surface area contributed by atoms with Crippen LogP contribution in [0.25, 0.3) is 10.9 Å². The Labute approximate surface area is 115 Å². The molecule has 0 fully saturated rings. The molecular formula is C14H17BrN2O. The van der Waals surface area contributed by atoms with E-state index in [4.69, 9.17) is 0 Å². The number of fused-ring (bicyclic) bond motifs is 1. The summed E-state index contributed by atoms with van der Waals surface area (Å²) < 4.78 is 0.965. The van der Waals surface area contributed by atoms with Crippen molar-refractivity contribution in [1.82, 2.24) is 4.98 Å². The van der Waals surface area contributed by atoms with Gasteiger partial charge in [-0.2, -0.15) is 0 Å². The van der Waals surface area contributed by atoms with Crippen molar-refractivity contribution >= 4 is 32.5 Å². The standard InChI is InChI=1S/C14H17BrN2O/c1-3-14(2,18)9-17-12-6-4-5-10-7-11(15)8-16-13(10)12/h4-8,17-18H,3,9H2,1-2H3. The van der Waals surface area contributed by atoms with E-state index in [-0.39, 0.29) is 0 Å². The quantitative estimate of drug-likeness (QED) is 0.907. The minimum absolute atomic E-state index is 0.514. The van der Waals surface area contributed by atoms with Gasteiger partial charge in [-0.3, -0.25) is 4.98 Å². The fourth-order valence-electron chi connectivity index (χ4n) is 1.69. The number of benzene rings is 1. The highest BCUT2D eigenvalue weighted by molar-refractivity contribution is 9.10. The van der Waals surface area contributed by atoms with E-state index in [2.05, 4.69) is 26.2 Å². The Morgan fingerprint density at radius 1 is 1.44 bits per heavy atom. The van der Waals surface area contributed by atoms with Crippen molar-refractivity contribution in [3.63, 3.8) is 0 Å². The Balaban J connectivity index is 2.29. The minimum Gasteiger partial charge on any atom is -0.388 e. The van der Waals surface area contributed by atoms with Crippen LogP contribution in [0.3, 0.4) is 0 Å². The van der Waals surface area contributed by atoms with Gasteiger partial charge in [0, 0.05) is 22.6 Å². The molecule has 0 saturated carbocycles.